The van der Waals surface area contributed by atoms with E-state index in [2.05, 4.69) is 5.10 Å². The molecule has 7 nitrogen and oxygen atoms in total. The maximum absolute atomic E-state index is 12.8. The largest absolute Gasteiger partial charge is 0.493 e. The number of rotatable bonds is 7. The molecular formula is C22H23N3O4. The summed E-state index contributed by atoms with van der Waals surface area (Å²) >= 11 is 0. The molecule has 0 unspecified atom stereocenters. The Balaban J connectivity index is 1.77. The summed E-state index contributed by atoms with van der Waals surface area (Å²) in [5.41, 5.74) is 1.78. The topological polar surface area (TPSA) is 73.7 Å². The molecule has 0 bridgehead atoms. The van der Waals surface area contributed by atoms with Gasteiger partial charge < -0.3 is 14.4 Å². The zero-order chi connectivity index (χ0) is 20.8. The summed E-state index contributed by atoms with van der Waals surface area (Å²) in [6.07, 6.45) is 0. The predicted molar refractivity (Wildman–Crippen MR) is 109 cm³/mol. The van der Waals surface area contributed by atoms with Crippen LogP contribution in [0.4, 0.5) is 0 Å². The highest BCUT2D eigenvalue weighted by Gasteiger charge is 2.16. The van der Waals surface area contributed by atoms with Gasteiger partial charge in [0.05, 0.1) is 20.8 Å². The van der Waals surface area contributed by atoms with Crippen LogP contribution in [0.15, 0.2) is 65.5 Å². The Labute approximate surface area is 169 Å². The summed E-state index contributed by atoms with van der Waals surface area (Å²) in [4.78, 5) is 26.5. The first-order valence-electron chi connectivity index (χ1n) is 9.10. The van der Waals surface area contributed by atoms with Crippen molar-refractivity contribution < 1.29 is 14.3 Å². The number of nitrogens with zero attached hydrogens (tertiary/aromatic N) is 3. The SMILES string of the molecule is COc1ccc(CN(C)C(=O)c2ccc(=O)n(Cc3ccccc3)n2)cc1OC. The van der Waals surface area contributed by atoms with Crippen LogP contribution in [0.1, 0.15) is 21.6 Å². The van der Waals surface area contributed by atoms with E-state index in [9.17, 15) is 9.59 Å². The third-order valence-corrected chi connectivity index (χ3v) is 4.48. The van der Waals surface area contributed by atoms with Gasteiger partial charge in [-0.2, -0.15) is 5.10 Å². The average Bonchev–Trinajstić information content (AvgIpc) is 2.75. The third kappa shape index (κ3) is 4.82. The molecule has 0 saturated carbocycles. The average molecular weight is 393 g/mol. The van der Waals surface area contributed by atoms with Gasteiger partial charge in [0.15, 0.2) is 11.5 Å². The molecule has 1 amide bonds. The van der Waals surface area contributed by atoms with E-state index in [1.54, 1.807) is 32.2 Å². The van der Waals surface area contributed by atoms with Crippen LogP contribution in [0.5, 0.6) is 11.5 Å². The van der Waals surface area contributed by atoms with Gasteiger partial charge in [-0.05, 0) is 29.3 Å². The third-order valence-electron chi connectivity index (χ3n) is 4.48. The number of aromatic nitrogens is 2. The molecule has 0 spiro atoms. The van der Waals surface area contributed by atoms with Crippen molar-refractivity contribution in [2.24, 2.45) is 0 Å². The lowest BCUT2D eigenvalue weighted by molar-refractivity contribution is 0.0776. The number of hydrogen-bond acceptors (Lipinski definition) is 5. The molecule has 3 aromatic rings. The first kappa shape index (κ1) is 20.1. The van der Waals surface area contributed by atoms with Crippen LogP contribution in [0.25, 0.3) is 0 Å². The van der Waals surface area contributed by atoms with Crippen molar-refractivity contribution >= 4 is 5.91 Å². The van der Waals surface area contributed by atoms with Crippen LogP contribution in [0.3, 0.4) is 0 Å². The zero-order valence-corrected chi connectivity index (χ0v) is 16.7. The van der Waals surface area contributed by atoms with Crippen LogP contribution in [-0.2, 0) is 13.1 Å². The highest BCUT2D eigenvalue weighted by Crippen LogP contribution is 2.28. The molecule has 0 aliphatic carbocycles. The second kappa shape index (κ2) is 9.05. The fourth-order valence-electron chi connectivity index (χ4n) is 2.95. The molecule has 150 valence electrons. The van der Waals surface area contributed by atoms with Crippen LogP contribution in [-0.4, -0.2) is 41.9 Å². The Morgan fingerprint density at radius 2 is 1.69 bits per heavy atom. The molecule has 29 heavy (non-hydrogen) atoms. The van der Waals surface area contributed by atoms with Crippen LogP contribution in [0.2, 0.25) is 0 Å². The standard InChI is InChI=1S/C22H23N3O4/c1-24(14-17-9-11-19(28-2)20(13-17)29-3)22(27)18-10-12-21(26)25(23-18)15-16-7-5-4-6-8-16/h4-13H,14-15H2,1-3H3. The molecule has 0 atom stereocenters. The van der Waals surface area contributed by atoms with Crippen molar-refractivity contribution in [1.82, 2.24) is 14.7 Å². The summed E-state index contributed by atoms with van der Waals surface area (Å²) in [5, 5.41) is 4.26. The highest BCUT2D eigenvalue weighted by atomic mass is 16.5. The number of carbonyl (C=O) groups excluding carboxylic acids is 1. The van der Waals surface area contributed by atoms with E-state index < -0.39 is 0 Å². The minimum atomic E-state index is -0.276. The minimum absolute atomic E-state index is 0.212. The quantitative estimate of drug-likeness (QED) is 0.617. The molecular weight excluding hydrogens is 370 g/mol. The fourth-order valence-corrected chi connectivity index (χ4v) is 2.95. The van der Waals surface area contributed by atoms with Gasteiger partial charge in [0, 0.05) is 19.7 Å². The van der Waals surface area contributed by atoms with E-state index in [1.807, 2.05) is 42.5 Å². The Hall–Kier alpha value is -3.61. The molecule has 0 N–H and O–H groups in total. The van der Waals surface area contributed by atoms with Crippen LogP contribution < -0.4 is 15.0 Å². The Kier molecular flexibility index (Phi) is 6.29. The number of carbonyl (C=O) groups is 1. The maximum Gasteiger partial charge on any atom is 0.274 e. The molecule has 0 aliphatic rings. The van der Waals surface area contributed by atoms with Crippen LogP contribution in [0, 0.1) is 0 Å². The molecule has 0 saturated heterocycles. The monoisotopic (exact) mass is 393 g/mol. The Bertz CT molecular complexity index is 1050. The first-order valence-corrected chi connectivity index (χ1v) is 9.10. The molecule has 3 rings (SSSR count). The van der Waals surface area contributed by atoms with E-state index in [4.69, 9.17) is 9.47 Å². The Morgan fingerprint density at radius 1 is 0.966 bits per heavy atom. The van der Waals surface area contributed by atoms with Gasteiger partial charge in [-0.15, -0.1) is 0 Å². The van der Waals surface area contributed by atoms with Crippen molar-refractivity contribution in [3.63, 3.8) is 0 Å². The van der Waals surface area contributed by atoms with Crippen molar-refractivity contribution in [1.29, 1.82) is 0 Å². The van der Waals surface area contributed by atoms with E-state index in [1.165, 1.54) is 16.8 Å². The van der Waals surface area contributed by atoms with E-state index in [-0.39, 0.29) is 17.2 Å². The van der Waals surface area contributed by atoms with Crippen molar-refractivity contribution in [3.05, 3.63) is 87.8 Å². The number of hydrogen-bond donors (Lipinski definition) is 0. The molecule has 0 aliphatic heterocycles. The van der Waals surface area contributed by atoms with E-state index in [0.29, 0.717) is 24.6 Å². The molecule has 1 heterocycles. The van der Waals surface area contributed by atoms with Gasteiger partial charge in [-0.1, -0.05) is 36.4 Å². The minimum Gasteiger partial charge on any atom is -0.493 e. The van der Waals surface area contributed by atoms with Gasteiger partial charge in [0.2, 0.25) is 0 Å². The van der Waals surface area contributed by atoms with Crippen molar-refractivity contribution in [2.45, 2.75) is 13.1 Å². The summed E-state index contributed by atoms with van der Waals surface area (Å²) < 4.78 is 11.8. The van der Waals surface area contributed by atoms with Gasteiger partial charge in [0.1, 0.15) is 5.69 Å². The number of methoxy groups -OCH3 is 2. The first-order chi connectivity index (χ1) is 14.0. The summed E-state index contributed by atoms with van der Waals surface area (Å²) in [5.74, 6) is 0.946. The van der Waals surface area contributed by atoms with E-state index in [0.717, 1.165) is 11.1 Å². The normalized spacial score (nSPS) is 10.4. The lowest BCUT2D eigenvalue weighted by Crippen LogP contribution is -2.31. The van der Waals surface area contributed by atoms with Crippen molar-refractivity contribution in [2.75, 3.05) is 21.3 Å². The molecule has 0 fully saturated rings. The van der Waals surface area contributed by atoms with Gasteiger partial charge in [-0.25, -0.2) is 4.68 Å². The fraction of sp³-hybridized carbons (Fsp3) is 0.227. The van der Waals surface area contributed by atoms with Gasteiger partial charge in [-0.3, -0.25) is 9.59 Å². The number of amides is 1. The number of ether oxygens (including phenoxy) is 2. The van der Waals surface area contributed by atoms with Crippen molar-refractivity contribution in [3.8, 4) is 11.5 Å². The second-order valence-corrected chi connectivity index (χ2v) is 6.55. The van der Waals surface area contributed by atoms with E-state index >= 15 is 0 Å². The Morgan fingerprint density at radius 3 is 2.38 bits per heavy atom. The van der Waals surface area contributed by atoms with Crippen LogP contribution >= 0.6 is 0 Å². The summed E-state index contributed by atoms with van der Waals surface area (Å²) in [6, 6.07) is 17.8. The molecule has 1 aromatic heterocycles. The lowest BCUT2D eigenvalue weighted by atomic mass is 10.2. The molecule has 7 heteroatoms. The lowest BCUT2D eigenvalue weighted by Gasteiger charge is -2.18. The van der Waals surface area contributed by atoms with Gasteiger partial charge >= 0.3 is 0 Å². The number of benzene rings is 2. The predicted octanol–water partition coefficient (Wildman–Crippen LogP) is 2.58. The smallest absolute Gasteiger partial charge is 0.274 e. The van der Waals surface area contributed by atoms with Gasteiger partial charge in [0.25, 0.3) is 11.5 Å². The highest BCUT2D eigenvalue weighted by molar-refractivity contribution is 5.91. The second-order valence-electron chi connectivity index (χ2n) is 6.55. The summed E-state index contributed by atoms with van der Waals surface area (Å²) in [7, 11) is 4.83. The molecule has 2 aromatic carbocycles. The summed E-state index contributed by atoms with van der Waals surface area (Å²) in [6.45, 7) is 0.666. The maximum atomic E-state index is 12.8. The zero-order valence-electron chi connectivity index (χ0n) is 16.7. The molecule has 0 radical (unpaired) electrons.